The third-order valence-corrected chi connectivity index (χ3v) is 3.62. The average Bonchev–Trinajstić information content (AvgIpc) is 2.46. The van der Waals surface area contributed by atoms with E-state index in [1.165, 1.54) is 18.4 Å². The van der Waals surface area contributed by atoms with Crippen LogP contribution in [0.4, 0.5) is 11.4 Å². The molecule has 0 saturated heterocycles. The molecule has 3 nitrogen and oxygen atoms in total. The summed E-state index contributed by atoms with van der Waals surface area (Å²) in [6.07, 6.45) is 3.40. The second-order valence-corrected chi connectivity index (χ2v) is 5.37. The van der Waals surface area contributed by atoms with Gasteiger partial charge in [0.05, 0.1) is 10.6 Å². The van der Waals surface area contributed by atoms with E-state index in [0.717, 1.165) is 12.1 Å². The molecule has 0 saturated carbocycles. The van der Waals surface area contributed by atoms with Crippen LogP contribution in [-0.2, 0) is 6.42 Å². The van der Waals surface area contributed by atoms with Crippen molar-refractivity contribution in [2.24, 2.45) is 0 Å². The second kappa shape index (κ2) is 7.14. The van der Waals surface area contributed by atoms with Crippen molar-refractivity contribution in [3.8, 4) is 0 Å². The van der Waals surface area contributed by atoms with E-state index in [1.807, 2.05) is 24.3 Å². The smallest absolute Gasteiger partial charge is 0.259 e. The minimum atomic E-state index is -0.292. The van der Waals surface area contributed by atoms with E-state index < -0.39 is 0 Å². The van der Waals surface area contributed by atoms with Crippen molar-refractivity contribution in [1.82, 2.24) is 0 Å². The minimum Gasteiger partial charge on any atom is -0.398 e. The standard InChI is InChI=1S/C17H19ClN2O/c1-2-3-5-12-8-10-13(11-9-12)20-17(21)16-14(18)6-4-7-15(16)19/h4,6-11H,2-3,5,19H2,1H3,(H,20,21). The minimum absolute atomic E-state index is 0.292. The van der Waals surface area contributed by atoms with Gasteiger partial charge < -0.3 is 11.1 Å². The summed E-state index contributed by atoms with van der Waals surface area (Å²) in [4.78, 5) is 12.2. The van der Waals surface area contributed by atoms with Crippen molar-refractivity contribution < 1.29 is 4.79 Å². The fourth-order valence-corrected chi connectivity index (χ4v) is 2.38. The number of nitrogen functional groups attached to an aromatic ring is 1. The van der Waals surface area contributed by atoms with Gasteiger partial charge >= 0.3 is 0 Å². The molecule has 0 fully saturated rings. The summed E-state index contributed by atoms with van der Waals surface area (Å²) in [7, 11) is 0. The monoisotopic (exact) mass is 302 g/mol. The van der Waals surface area contributed by atoms with Crippen LogP contribution in [-0.4, -0.2) is 5.91 Å². The van der Waals surface area contributed by atoms with Gasteiger partial charge in [0.25, 0.3) is 5.91 Å². The van der Waals surface area contributed by atoms with Crippen LogP contribution in [0.15, 0.2) is 42.5 Å². The van der Waals surface area contributed by atoms with Crippen LogP contribution in [0.1, 0.15) is 35.7 Å². The number of benzene rings is 2. The van der Waals surface area contributed by atoms with Crippen LogP contribution in [0, 0.1) is 0 Å². The third-order valence-electron chi connectivity index (χ3n) is 3.30. The zero-order chi connectivity index (χ0) is 15.2. The normalized spacial score (nSPS) is 10.4. The molecule has 0 radical (unpaired) electrons. The maximum Gasteiger partial charge on any atom is 0.259 e. The Kier molecular flexibility index (Phi) is 5.23. The molecule has 2 aromatic rings. The number of aryl methyl sites for hydroxylation is 1. The fraction of sp³-hybridized carbons (Fsp3) is 0.235. The number of hydrogen-bond acceptors (Lipinski definition) is 2. The van der Waals surface area contributed by atoms with Crippen molar-refractivity contribution in [2.75, 3.05) is 11.1 Å². The van der Waals surface area contributed by atoms with E-state index in [0.29, 0.717) is 16.3 Å². The molecule has 0 aliphatic rings. The van der Waals surface area contributed by atoms with Gasteiger partial charge in [0.2, 0.25) is 0 Å². The molecular formula is C17H19ClN2O. The van der Waals surface area contributed by atoms with E-state index in [2.05, 4.69) is 12.2 Å². The zero-order valence-corrected chi connectivity index (χ0v) is 12.8. The SMILES string of the molecule is CCCCc1ccc(NC(=O)c2c(N)cccc2Cl)cc1. The summed E-state index contributed by atoms with van der Waals surface area (Å²) >= 11 is 6.03. The molecule has 0 bridgehead atoms. The first-order valence-corrected chi connectivity index (χ1v) is 7.44. The Balaban J connectivity index is 2.09. The second-order valence-electron chi connectivity index (χ2n) is 4.96. The highest BCUT2D eigenvalue weighted by Gasteiger charge is 2.13. The number of halogens is 1. The van der Waals surface area contributed by atoms with E-state index in [9.17, 15) is 4.79 Å². The number of rotatable bonds is 5. The van der Waals surface area contributed by atoms with Gasteiger partial charge in [-0.25, -0.2) is 0 Å². The van der Waals surface area contributed by atoms with Crippen LogP contribution in [0.2, 0.25) is 5.02 Å². The van der Waals surface area contributed by atoms with E-state index in [-0.39, 0.29) is 5.91 Å². The Hall–Kier alpha value is -2.00. The number of anilines is 2. The lowest BCUT2D eigenvalue weighted by atomic mass is 10.1. The number of carbonyl (C=O) groups is 1. The lowest BCUT2D eigenvalue weighted by molar-refractivity contribution is 0.102. The van der Waals surface area contributed by atoms with Crippen molar-refractivity contribution in [2.45, 2.75) is 26.2 Å². The Morgan fingerprint density at radius 1 is 1.19 bits per heavy atom. The topological polar surface area (TPSA) is 55.1 Å². The summed E-state index contributed by atoms with van der Waals surface area (Å²) in [6, 6.07) is 12.9. The number of nitrogens with one attached hydrogen (secondary N) is 1. The Bertz CT molecular complexity index is 603. The van der Waals surface area contributed by atoms with Gasteiger partial charge in [-0.15, -0.1) is 0 Å². The molecule has 0 aromatic heterocycles. The first kappa shape index (κ1) is 15.4. The average molecular weight is 303 g/mol. The Morgan fingerprint density at radius 2 is 1.90 bits per heavy atom. The fourth-order valence-electron chi connectivity index (χ4n) is 2.11. The highest BCUT2D eigenvalue weighted by Crippen LogP contribution is 2.23. The van der Waals surface area contributed by atoms with Gasteiger partial charge in [0.1, 0.15) is 0 Å². The third kappa shape index (κ3) is 3.99. The van der Waals surface area contributed by atoms with Gasteiger partial charge in [-0.05, 0) is 42.7 Å². The summed E-state index contributed by atoms with van der Waals surface area (Å²) in [5.74, 6) is -0.292. The van der Waals surface area contributed by atoms with Crippen LogP contribution < -0.4 is 11.1 Å². The molecule has 2 rings (SSSR count). The van der Waals surface area contributed by atoms with Gasteiger partial charge in [0, 0.05) is 11.4 Å². The molecule has 0 spiro atoms. The van der Waals surface area contributed by atoms with Crippen LogP contribution in [0.25, 0.3) is 0 Å². The maximum absolute atomic E-state index is 12.2. The molecule has 0 atom stereocenters. The van der Waals surface area contributed by atoms with Crippen molar-refractivity contribution >= 4 is 28.9 Å². The Morgan fingerprint density at radius 3 is 2.52 bits per heavy atom. The predicted molar refractivity (Wildman–Crippen MR) is 88.9 cm³/mol. The molecule has 0 unspecified atom stereocenters. The number of hydrogen-bond donors (Lipinski definition) is 2. The summed E-state index contributed by atoms with van der Waals surface area (Å²) < 4.78 is 0. The molecule has 3 N–H and O–H groups in total. The van der Waals surface area contributed by atoms with E-state index in [1.54, 1.807) is 18.2 Å². The van der Waals surface area contributed by atoms with E-state index in [4.69, 9.17) is 17.3 Å². The van der Waals surface area contributed by atoms with Crippen molar-refractivity contribution in [3.05, 3.63) is 58.6 Å². The highest BCUT2D eigenvalue weighted by atomic mass is 35.5. The highest BCUT2D eigenvalue weighted by molar-refractivity contribution is 6.35. The van der Waals surface area contributed by atoms with Crippen LogP contribution in [0.5, 0.6) is 0 Å². The molecule has 0 aliphatic heterocycles. The largest absolute Gasteiger partial charge is 0.398 e. The number of unbranched alkanes of at least 4 members (excludes halogenated alkanes) is 1. The molecule has 1 amide bonds. The lowest BCUT2D eigenvalue weighted by Gasteiger charge is -2.09. The summed E-state index contributed by atoms with van der Waals surface area (Å²) in [5.41, 5.74) is 8.50. The zero-order valence-electron chi connectivity index (χ0n) is 12.0. The van der Waals surface area contributed by atoms with Crippen LogP contribution in [0.3, 0.4) is 0 Å². The molecule has 0 aliphatic carbocycles. The van der Waals surface area contributed by atoms with E-state index >= 15 is 0 Å². The maximum atomic E-state index is 12.2. The molecule has 0 heterocycles. The van der Waals surface area contributed by atoms with Gasteiger partial charge in [-0.2, -0.15) is 0 Å². The number of nitrogens with two attached hydrogens (primary N) is 1. The number of carbonyl (C=O) groups excluding carboxylic acids is 1. The summed E-state index contributed by atoms with van der Waals surface area (Å²) in [5, 5.41) is 3.17. The molecular weight excluding hydrogens is 284 g/mol. The first-order valence-electron chi connectivity index (χ1n) is 7.06. The number of amides is 1. The van der Waals surface area contributed by atoms with Crippen molar-refractivity contribution in [3.63, 3.8) is 0 Å². The van der Waals surface area contributed by atoms with Crippen molar-refractivity contribution in [1.29, 1.82) is 0 Å². The van der Waals surface area contributed by atoms with Gasteiger partial charge in [0.15, 0.2) is 0 Å². The molecule has 2 aromatic carbocycles. The molecule has 110 valence electrons. The summed E-state index contributed by atoms with van der Waals surface area (Å²) in [6.45, 7) is 2.17. The first-order chi connectivity index (χ1) is 10.1. The van der Waals surface area contributed by atoms with Crippen LogP contribution >= 0.6 is 11.6 Å². The molecule has 21 heavy (non-hydrogen) atoms. The Labute approximate surface area is 130 Å². The van der Waals surface area contributed by atoms with Gasteiger partial charge in [-0.3, -0.25) is 4.79 Å². The van der Waals surface area contributed by atoms with Gasteiger partial charge in [-0.1, -0.05) is 43.1 Å². The lowest BCUT2D eigenvalue weighted by Crippen LogP contribution is -2.14. The quantitative estimate of drug-likeness (QED) is 0.798. The predicted octanol–water partition coefficient (Wildman–Crippen LogP) is 4.52. The molecule has 4 heteroatoms.